The van der Waals surface area contributed by atoms with E-state index in [1.807, 2.05) is 12.4 Å². The highest BCUT2D eigenvalue weighted by molar-refractivity contribution is 7.85. The van der Waals surface area contributed by atoms with Crippen LogP contribution in [0.3, 0.4) is 0 Å². The fourth-order valence-corrected chi connectivity index (χ4v) is 3.40. The summed E-state index contributed by atoms with van der Waals surface area (Å²) in [6.45, 7) is 2.37. The first kappa shape index (κ1) is 16.5. The van der Waals surface area contributed by atoms with E-state index in [2.05, 4.69) is 67.1 Å². The van der Waals surface area contributed by atoms with Crippen LogP contribution >= 0.6 is 12.6 Å². The summed E-state index contributed by atoms with van der Waals surface area (Å²) in [5.74, 6) is 0. The molecule has 0 spiro atoms. The van der Waals surface area contributed by atoms with Gasteiger partial charge in [0.15, 0.2) is 0 Å². The first-order valence-corrected chi connectivity index (χ1v) is 7.95. The highest BCUT2D eigenvalue weighted by Crippen LogP contribution is 2.38. The maximum absolute atomic E-state index is 7.18. The fourth-order valence-electron chi connectivity index (χ4n) is 3.40. The summed E-state index contributed by atoms with van der Waals surface area (Å²) in [6.07, 6.45) is 6.48. The Morgan fingerprint density at radius 3 is 2.64 bits per heavy atom. The maximum atomic E-state index is 7.18. The molecule has 1 saturated heterocycles. The van der Waals surface area contributed by atoms with Gasteiger partial charge in [0.2, 0.25) is 0 Å². The first-order valence-electron chi connectivity index (χ1n) is 7.51. The maximum Gasteiger partial charge on any atom is 0.130 e. The van der Waals surface area contributed by atoms with Crippen molar-refractivity contribution < 1.29 is 4.48 Å². The number of thiocyanates is 1. The van der Waals surface area contributed by atoms with E-state index in [0.717, 1.165) is 11.0 Å². The number of quaternary nitrogens is 1. The van der Waals surface area contributed by atoms with Crippen LogP contribution in [0, 0.1) is 10.7 Å². The van der Waals surface area contributed by atoms with Gasteiger partial charge in [0, 0.05) is 36.4 Å². The van der Waals surface area contributed by atoms with Gasteiger partial charge in [-0.2, -0.15) is 5.26 Å². The number of nitriles is 1. The van der Waals surface area contributed by atoms with Crippen molar-refractivity contribution in [3.05, 3.63) is 66.0 Å². The summed E-state index contributed by atoms with van der Waals surface area (Å²) in [5.41, 5.74) is 2.82. The largest absolute Gasteiger partial charge is 0.316 e. The van der Waals surface area contributed by atoms with Gasteiger partial charge in [-0.3, -0.25) is 4.98 Å². The molecule has 0 aliphatic carbocycles. The Morgan fingerprint density at radius 2 is 2.00 bits per heavy atom. The predicted molar refractivity (Wildman–Crippen MR) is 92.0 cm³/mol. The van der Waals surface area contributed by atoms with Crippen LogP contribution in [-0.4, -0.2) is 23.1 Å². The SMILES string of the molecule is C[N+]1(Cc2ccccc2)CCCC1c1cccnc1.N#CS. The second-order valence-corrected chi connectivity index (χ2v) is 6.09. The monoisotopic (exact) mass is 312 g/mol. The van der Waals surface area contributed by atoms with Gasteiger partial charge in [0.25, 0.3) is 0 Å². The zero-order valence-corrected chi connectivity index (χ0v) is 13.8. The van der Waals surface area contributed by atoms with Crippen molar-refractivity contribution in [2.75, 3.05) is 13.6 Å². The van der Waals surface area contributed by atoms with Gasteiger partial charge in [0.05, 0.1) is 13.6 Å². The van der Waals surface area contributed by atoms with Crippen LogP contribution in [0.2, 0.25) is 0 Å². The molecule has 114 valence electrons. The van der Waals surface area contributed by atoms with E-state index in [4.69, 9.17) is 5.26 Å². The van der Waals surface area contributed by atoms with Crippen LogP contribution < -0.4 is 0 Å². The third-order valence-electron chi connectivity index (χ3n) is 4.35. The molecule has 0 radical (unpaired) electrons. The Labute approximate surface area is 138 Å². The zero-order valence-electron chi connectivity index (χ0n) is 12.9. The van der Waals surface area contributed by atoms with E-state index in [-0.39, 0.29) is 0 Å². The molecule has 3 rings (SSSR count). The Balaban J connectivity index is 0.000000545. The van der Waals surface area contributed by atoms with E-state index in [1.165, 1.54) is 35.9 Å². The molecule has 2 aromatic rings. The molecular weight excluding hydrogens is 290 g/mol. The molecule has 0 saturated carbocycles. The number of benzene rings is 1. The van der Waals surface area contributed by atoms with Crippen LogP contribution in [0.4, 0.5) is 0 Å². The topological polar surface area (TPSA) is 36.7 Å². The number of rotatable bonds is 3. The average Bonchev–Trinajstić information content (AvgIpc) is 2.91. The van der Waals surface area contributed by atoms with E-state index >= 15 is 0 Å². The van der Waals surface area contributed by atoms with Crippen LogP contribution in [-0.2, 0) is 6.54 Å². The quantitative estimate of drug-likeness (QED) is 0.529. The number of aromatic nitrogens is 1. The second-order valence-electron chi connectivity index (χ2n) is 5.89. The smallest absolute Gasteiger partial charge is 0.130 e. The average molecular weight is 312 g/mol. The normalized spacial score (nSPS) is 23.2. The van der Waals surface area contributed by atoms with Crippen molar-refractivity contribution >= 4 is 12.6 Å². The predicted octanol–water partition coefficient (Wildman–Crippen LogP) is 3.96. The van der Waals surface area contributed by atoms with Crippen LogP contribution in [0.25, 0.3) is 0 Å². The zero-order chi connectivity index (χ0) is 15.8. The number of hydrogen-bond donors (Lipinski definition) is 1. The molecule has 4 heteroatoms. The number of thiol groups is 1. The van der Waals surface area contributed by atoms with Gasteiger partial charge < -0.3 is 4.48 Å². The van der Waals surface area contributed by atoms with Gasteiger partial charge in [0.1, 0.15) is 18.0 Å². The molecule has 0 amide bonds. The summed E-state index contributed by atoms with van der Waals surface area (Å²) in [5, 5.41) is 8.63. The molecule has 0 N–H and O–H groups in total. The Hall–Kier alpha value is -1.83. The molecule has 22 heavy (non-hydrogen) atoms. The highest BCUT2D eigenvalue weighted by Gasteiger charge is 2.39. The summed E-state index contributed by atoms with van der Waals surface area (Å²) in [6, 6.07) is 15.7. The molecule has 0 bridgehead atoms. The number of hydrogen-bond acceptors (Lipinski definition) is 3. The van der Waals surface area contributed by atoms with Gasteiger partial charge >= 0.3 is 0 Å². The molecule has 2 heterocycles. The molecular formula is C18H22N3S+. The Bertz CT molecular complexity index is 609. The van der Waals surface area contributed by atoms with Crippen molar-refractivity contribution in [3.63, 3.8) is 0 Å². The Morgan fingerprint density at radius 1 is 1.27 bits per heavy atom. The highest BCUT2D eigenvalue weighted by atomic mass is 32.1. The minimum absolute atomic E-state index is 0.592. The summed E-state index contributed by atoms with van der Waals surface area (Å²) < 4.78 is 1.11. The van der Waals surface area contributed by atoms with E-state index < -0.39 is 0 Å². The van der Waals surface area contributed by atoms with Crippen molar-refractivity contribution in [1.29, 1.82) is 5.26 Å². The Kier molecular flexibility index (Phi) is 6.00. The molecule has 1 fully saturated rings. The summed E-state index contributed by atoms with van der Waals surface area (Å²) in [7, 11) is 2.39. The standard InChI is InChI=1S/C17H21N2.CHNS/c1-19(14-15-7-3-2-4-8-15)12-6-10-17(19)16-9-5-11-18-13-16;2-1-3/h2-5,7-9,11,13,17H,6,10,12,14H2,1H3;3H/q+1;. The lowest BCUT2D eigenvalue weighted by Crippen LogP contribution is -2.42. The molecule has 3 nitrogen and oxygen atoms in total. The molecule has 2 unspecified atom stereocenters. The third-order valence-corrected chi connectivity index (χ3v) is 4.35. The third kappa shape index (κ3) is 4.09. The second kappa shape index (κ2) is 7.98. The lowest BCUT2D eigenvalue weighted by molar-refractivity contribution is -0.939. The minimum Gasteiger partial charge on any atom is -0.316 e. The minimum atomic E-state index is 0.592. The van der Waals surface area contributed by atoms with Crippen molar-refractivity contribution in [1.82, 2.24) is 4.98 Å². The van der Waals surface area contributed by atoms with Gasteiger partial charge in [-0.15, -0.1) is 0 Å². The fraction of sp³-hybridized carbons (Fsp3) is 0.333. The van der Waals surface area contributed by atoms with Crippen LogP contribution in [0.15, 0.2) is 54.9 Å². The first-order chi connectivity index (χ1) is 10.7. The summed E-state index contributed by atoms with van der Waals surface area (Å²) >= 11 is 3.09. The number of nitrogens with zero attached hydrogens (tertiary/aromatic N) is 3. The van der Waals surface area contributed by atoms with Crippen LogP contribution in [0.1, 0.15) is 30.0 Å². The molecule has 1 aromatic heterocycles. The van der Waals surface area contributed by atoms with Crippen LogP contribution in [0.5, 0.6) is 0 Å². The molecule has 1 aromatic carbocycles. The van der Waals surface area contributed by atoms with Crippen molar-refractivity contribution in [3.8, 4) is 5.40 Å². The number of pyridine rings is 1. The van der Waals surface area contributed by atoms with Gasteiger partial charge in [-0.25, -0.2) is 0 Å². The summed E-state index contributed by atoms with van der Waals surface area (Å²) in [4.78, 5) is 4.29. The lowest BCUT2D eigenvalue weighted by atomic mass is 10.0. The van der Waals surface area contributed by atoms with Crippen molar-refractivity contribution in [2.45, 2.75) is 25.4 Å². The van der Waals surface area contributed by atoms with Gasteiger partial charge in [-0.05, 0) is 6.07 Å². The molecule has 1 aliphatic rings. The van der Waals surface area contributed by atoms with E-state index in [1.54, 1.807) is 0 Å². The van der Waals surface area contributed by atoms with E-state index in [0.29, 0.717) is 6.04 Å². The van der Waals surface area contributed by atoms with Gasteiger partial charge in [-0.1, -0.05) is 49.0 Å². The van der Waals surface area contributed by atoms with E-state index in [9.17, 15) is 0 Å². The molecule has 2 atom stereocenters. The molecule has 1 aliphatic heterocycles. The number of likely N-dealkylation sites (tertiary alicyclic amines) is 1. The van der Waals surface area contributed by atoms with Crippen molar-refractivity contribution in [2.24, 2.45) is 0 Å². The lowest BCUT2D eigenvalue weighted by Gasteiger charge is -2.36.